The number of aryl methyl sites for hydroxylation is 1. The van der Waals surface area contributed by atoms with Gasteiger partial charge in [-0.1, -0.05) is 13.0 Å². The summed E-state index contributed by atoms with van der Waals surface area (Å²) in [6, 6.07) is 7.63. The first-order valence-electron chi connectivity index (χ1n) is 4.93. The Balaban J connectivity index is 2.40. The van der Waals surface area contributed by atoms with Crippen LogP contribution in [0.2, 0.25) is 0 Å². The standard InChI is InChI=1S/C12H14N2O/c1-2-10-5-9(7-15-10)8-3-4-11(13)12(14)6-8/h3-7H,2,13-14H2,1H3. The molecule has 0 fully saturated rings. The van der Waals surface area contributed by atoms with Crippen LogP contribution in [0.5, 0.6) is 0 Å². The third-order valence-electron chi connectivity index (χ3n) is 2.42. The molecule has 78 valence electrons. The van der Waals surface area contributed by atoms with Crippen molar-refractivity contribution in [1.29, 1.82) is 0 Å². The van der Waals surface area contributed by atoms with Gasteiger partial charge in [0.15, 0.2) is 0 Å². The fourth-order valence-electron chi connectivity index (χ4n) is 1.47. The summed E-state index contributed by atoms with van der Waals surface area (Å²) in [4.78, 5) is 0. The molecule has 0 atom stereocenters. The normalized spacial score (nSPS) is 10.5. The maximum atomic E-state index is 5.74. The Hall–Kier alpha value is -1.90. The Bertz CT molecular complexity index is 474. The number of hydrogen-bond acceptors (Lipinski definition) is 3. The van der Waals surface area contributed by atoms with Crippen LogP contribution in [-0.2, 0) is 6.42 Å². The molecule has 0 spiro atoms. The number of anilines is 2. The van der Waals surface area contributed by atoms with Crippen LogP contribution in [0.3, 0.4) is 0 Å². The minimum atomic E-state index is 0.603. The van der Waals surface area contributed by atoms with Crippen molar-refractivity contribution in [1.82, 2.24) is 0 Å². The molecular formula is C12H14N2O. The average molecular weight is 202 g/mol. The first-order chi connectivity index (χ1) is 7.20. The fraction of sp³-hybridized carbons (Fsp3) is 0.167. The highest BCUT2D eigenvalue weighted by molar-refractivity contribution is 5.74. The van der Waals surface area contributed by atoms with Crippen molar-refractivity contribution in [3.8, 4) is 11.1 Å². The van der Waals surface area contributed by atoms with Gasteiger partial charge in [-0.05, 0) is 23.8 Å². The van der Waals surface area contributed by atoms with E-state index < -0.39 is 0 Å². The van der Waals surface area contributed by atoms with Gasteiger partial charge < -0.3 is 15.9 Å². The Morgan fingerprint density at radius 2 is 1.87 bits per heavy atom. The summed E-state index contributed by atoms with van der Waals surface area (Å²) in [6.45, 7) is 2.06. The van der Waals surface area contributed by atoms with Gasteiger partial charge in [0.2, 0.25) is 0 Å². The second kappa shape index (κ2) is 3.69. The fourth-order valence-corrected chi connectivity index (χ4v) is 1.47. The number of furan rings is 1. The Morgan fingerprint density at radius 3 is 2.47 bits per heavy atom. The zero-order valence-electron chi connectivity index (χ0n) is 8.66. The first-order valence-corrected chi connectivity index (χ1v) is 4.93. The molecule has 1 heterocycles. The monoisotopic (exact) mass is 202 g/mol. The van der Waals surface area contributed by atoms with Gasteiger partial charge in [0.25, 0.3) is 0 Å². The molecule has 0 unspecified atom stereocenters. The third kappa shape index (κ3) is 1.81. The largest absolute Gasteiger partial charge is 0.469 e. The highest BCUT2D eigenvalue weighted by Crippen LogP contribution is 2.26. The molecule has 0 saturated heterocycles. The Morgan fingerprint density at radius 1 is 1.07 bits per heavy atom. The summed E-state index contributed by atoms with van der Waals surface area (Å²) >= 11 is 0. The molecule has 0 aliphatic heterocycles. The van der Waals surface area contributed by atoms with Crippen LogP contribution in [0.4, 0.5) is 11.4 Å². The second-order valence-corrected chi connectivity index (χ2v) is 3.50. The lowest BCUT2D eigenvalue weighted by atomic mass is 10.1. The van der Waals surface area contributed by atoms with Gasteiger partial charge in [-0.15, -0.1) is 0 Å². The zero-order valence-corrected chi connectivity index (χ0v) is 8.66. The van der Waals surface area contributed by atoms with E-state index in [0.717, 1.165) is 23.3 Å². The molecule has 3 nitrogen and oxygen atoms in total. The van der Waals surface area contributed by atoms with E-state index in [4.69, 9.17) is 15.9 Å². The lowest BCUT2D eigenvalue weighted by Gasteiger charge is -2.02. The Labute approximate surface area is 88.7 Å². The lowest BCUT2D eigenvalue weighted by Crippen LogP contribution is -1.93. The molecule has 0 aliphatic carbocycles. The van der Waals surface area contributed by atoms with E-state index in [9.17, 15) is 0 Å². The van der Waals surface area contributed by atoms with Crippen molar-refractivity contribution in [2.75, 3.05) is 11.5 Å². The summed E-state index contributed by atoms with van der Waals surface area (Å²) < 4.78 is 5.37. The summed E-state index contributed by atoms with van der Waals surface area (Å²) in [6.07, 6.45) is 2.63. The summed E-state index contributed by atoms with van der Waals surface area (Å²) in [5.41, 5.74) is 14.7. The molecule has 1 aromatic heterocycles. The van der Waals surface area contributed by atoms with Crippen molar-refractivity contribution < 1.29 is 4.42 Å². The van der Waals surface area contributed by atoms with E-state index in [1.165, 1.54) is 0 Å². The SMILES string of the molecule is CCc1cc(-c2ccc(N)c(N)c2)co1. The van der Waals surface area contributed by atoms with Gasteiger partial charge in [-0.25, -0.2) is 0 Å². The predicted octanol–water partition coefficient (Wildman–Crippen LogP) is 2.67. The Kier molecular flexibility index (Phi) is 2.37. The summed E-state index contributed by atoms with van der Waals surface area (Å²) in [7, 11) is 0. The molecule has 0 aliphatic rings. The second-order valence-electron chi connectivity index (χ2n) is 3.50. The number of rotatable bonds is 2. The minimum Gasteiger partial charge on any atom is -0.469 e. The van der Waals surface area contributed by atoms with Gasteiger partial charge in [-0.3, -0.25) is 0 Å². The predicted molar refractivity (Wildman–Crippen MR) is 62.3 cm³/mol. The highest BCUT2D eigenvalue weighted by atomic mass is 16.3. The smallest absolute Gasteiger partial charge is 0.104 e. The van der Waals surface area contributed by atoms with Gasteiger partial charge in [0.05, 0.1) is 17.6 Å². The van der Waals surface area contributed by atoms with E-state index in [0.29, 0.717) is 11.4 Å². The quantitative estimate of drug-likeness (QED) is 0.736. The van der Waals surface area contributed by atoms with E-state index in [1.807, 2.05) is 24.3 Å². The van der Waals surface area contributed by atoms with Crippen molar-refractivity contribution >= 4 is 11.4 Å². The van der Waals surface area contributed by atoms with Crippen LogP contribution in [0, 0.1) is 0 Å². The van der Waals surface area contributed by atoms with Crippen LogP contribution < -0.4 is 11.5 Å². The molecule has 0 radical (unpaired) electrons. The maximum absolute atomic E-state index is 5.74. The maximum Gasteiger partial charge on any atom is 0.104 e. The van der Waals surface area contributed by atoms with Crippen LogP contribution in [-0.4, -0.2) is 0 Å². The molecule has 4 N–H and O–H groups in total. The molecule has 3 heteroatoms. The minimum absolute atomic E-state index is 0.603. The van der Waals surface area contributed by atoms with E-state index in [2.05, 4.69) is 6.92 Å². The zero-order chi connectivity index (χ0) is 10.8. The molecule has 0 amide bonds. The summed E-state index contributed by atoms with van der Waals surface area (Å²) in [5.74, 6) is 0.973. The van der Waals surface area contributed by atoms with Crippen molar-refractivity contribution in [2.24, 2.45) is 0 Å². The molecule has 2 rings (SSSR count). The average Bonchev–Trinajstić information content (AvgIpc) is 2.70. The number of hydrogen-bond donors (Lipinski definition) is 2. The molecule has 0 saturated carbocycles. The van der Waals surface area contributed by atoms with Crippen molar-refractivity contribution in [3.05, 3.63) is 36.3 Å². The number of benzene rings is 1. The van der Waals surface area contributed by atoms with Gasteiger partial charge in [0.1, 0.15) is 5.76 Å². The third-order valence-corrected chi connectivity index (χ3v) is 2.42. The number of nitrogen functional groups attached to an aromatic ring is 2. The molecule has 1 aromatic carbocycles. The van der Waals surface area contributed by atoms with Gasteiger partial charge in [0, 0.05) is 12.0 Å². The van der Waals surface area contributed by atoms with Crippen molar-refractivity contribution in [3.63, 3.8) is 0 Å². The van der Waals surface area contributed by atoms with Crippen LogP contribution in [0.25, 0.3) is 11.1 Å². The van der Waals surface area contributed by atoms with Crippen LogP contribution in [0.1, 0.15) is 12.7 Å². The topological polar surface area (TPSA) is 65.2 Å². The lowest BCUT2D eigenvalue weighted by molar-refractivity contribution is 0.516. The van der Waals surface area contributed by atoms with E-state index >= 15 is 0 Å². The van der Waals surface area contributed by atoms with E-state index in [1.54, 1.807) is 6.26 Å². The summed E-state index contributed by atoms with van der Waals surface area (Å²) in [5, 5.41) is 0. The van der Waals surface area contributed by atoms with Crippen LogP contribution >= 0.6 is 0 Å². The number of nitrogens with two attached hydrogens (primary N) is 2. The van der Waals surface area contributed by atoms with Gasteiger partial charge >= 0.3 is 0 Å². The highest BCUT2D eigenvalue weighted by Gasteiger charge is 2.04. The first kappa shape index (κ1) is 9.65. The molecule has 0 bridgehead atoms. The van der Waals surface area contributed by atoms with E-state index in [-0.39, 0.29) is 0 Å². The van der Waals surface area contributed by atoms with Gasteiger partial charge in [-0.2, -0.15) is 0 Å². The van der Waals surface area contributed by atoms with Crippen molar-refractivity contribution in [2.45, 2.75) is 13.3 Å². The molecule has 2 aromatic rings. The molecule has 15 heavy (non-hydrogen) atoms. The molecular weight excluding hydrogens is 188 g/mol. The van der Waals surface area contributed by atoms with Crippen LogP contribution in [0.15, 0.2) is 34.9 Å².